The van der Waals surface area contributed by atoms with Crippen LogP contribution in [0.5, 0.6) is 0 Å². The van der Waals surface area contributed by atoms with Crippen molar-refractivity contribution in [3.05, 3.63) is 24.3 Å². The van der Waals surface area contributed by atoms with Gasteiger partial charge in [0.2, 0.25) is 0 Å². The fourth-order valence-electron chi connectivity index (χ4n) is 1.43. The van der Waals surface area contributed by atoms with Gasteiger partial charge in [0.05, 0.1) is 23.7 Å². The van der Waals surface area contributed by atoms with E-state index in [0.717, 1.165) is 9.86 Å². The summed E-state index contributed by atoms with van der Waals surface area (Å²) in [5, 5.41) is 0.183. The highest BCUT2D eigenvalue weighted by Gasteiger charge is 2.13. The van der Waals surface area contributed by atoms with E-state index in [4.69, 9.17) is 0 Å². The summed E-state index contributed by atoms with van der Waals surface area (Å²) in [7, 11) is 1.41. The molecule has 1 atom stereocenters. The summed E-state index contributed by atoms with van der Waals surface area (Å²) >= 11 is 3.28. The standard InChI is InChI=1S/C12H13NO2S2/c1-8(7-11(14)15-2)16-12-13-9-5-3-4-6-10(9)17-12/h3-6,8H,7H2,1-2H3. The van der Waals surface area contributed by atoms with Crippen LogP contribution >= 0.6 is 23.1 Å². The molecule has 90 valence electrons. The molecule has 1 aromatic heterocycles. The molecule has 0 N–H and O–H groups in total. The smallest absolute Gasteiger partial charge is 0.306 e. The largest absolute Gasteiger partial charge is 0.469 e. The monoisotopic (exact) mass is 267 g/mol. The van der Waals surface area contributed by atoms with Gasteiger partial charge in [0, 0.05) is 5.25 Å². The van der Waals surface area contributed by atoms with Crippen LogP contribution in [0.4, 0.5) is 0 Å². The van der Waals surface area contributed by atoms with Crippen LogP contribution in [0.1, 0.15) is 13.3 Å². The SMILES string of the molecule is COC(=O)CC(C)Sc1nc2ccccc2s1. The summed E-state index contributed by atoms with van der Waals surface area (Å²) in [6.45, 7) is 2.01. The molecule has 2 rings (SSSR count). The highest BCUT2D eigenvalue weighted by molar-refractivity contribution is 8.01. The quantitative estimate of drug-likeness (QED) is 0.629. The maximum absolute atomic E-state index is 11.1. The zero-order chi connectivity index (χ0) is 12.3. The minimum atomic E-state index is -0.175. The first-order valence-electron chi connectivity index (χ1n) is 5.28. The van der Waals surface area contributed by atoms with Crippen molar-refractivity contribution in [2.24, 2.45) is 0 Å². The van der Waals surface area contributed by atoms with Crippen LogP contribution in [0.15, 0.2) is 28.6 Å². The van der Waals surface area contributed by atoms with Crippen LogP contribution in [0.25, 0.3) is 10.2 Å². The molecule has 0 spiro atoms. The van der Waals surface area contributed by atoms with Crippen LogP contribution in [0, 0.1) is 0 Å². The average Bonchev–Trinajstić information content (AvgIpc) is 2.70. The van der Waals surface area contributed by atoms with E-state index in [2.05, 4.69) is 15.8 Å². The third-order valence-corrected chi connectivity index (χ3v) is 4.49. The summed E-state index contributed by atoms with van der Waals surface area (Å²) in [4.78, 5) is 15.6. The lowest BCUT2D eigenvalue weighted by Crippen LogP contribution is -2.08. The normalized spacial score (nSPS) is 12.6. The molecule has 0 radical (unpaired) electrons. The number of hydrogen-bond acceptors (Lipinski definition) is 5. The molecule has 3 nitrogen and oxygen atoms in total. The maximum atomic E-state index is 11.1. The van der Waals surface area contributed by atoms with Crippen molar-refractivity contribution in [2.75, 3.05) is 7.11 Å². The van der Waals surface area contributed by atoms with Gasteiger partial charge in [0.15, 0.2) is 4.34 Å². The van der Waals surface area contributed by atoms with Gasteiger partial charge in [-0.05, 0) is 12.1 Å². The van der Waals surface area contributed by atoms with Crippen LogP contribution in [-0.4, -0.2) is 23.3 Å². The second-order valence-electron chi connectivity index (χ2n) is 3.66. The molecule has 0 saturated carbocycles. The Morgan fingerprint density at radius 3 is 3.00 bits per heavy atom. The van der Waals surface area contributed by atoms with Crippen molar-refractivity contribution in [2.45, 2.75) is 22.9 Å². The number of nitrogens with zero attached hydrogens (tertiary/aromatic N) is 1. The number of methoxy groups -OCH3 is 1. The minimum Gasteiger partial charge on any atom is -0.469 e. The third kappa shape index (κ3) is 3.20. The Balaban J connectivity index is 2.05. The van der Waals surface area contributed by atoms with Gasteiger partial charge in [-0.2, -0.15) is 0 Å². The fourth-order valence-corrected chi connectivity index (χ4v) is 3.80. The second kappa shape index (κ2) is 5.51. The van der Waals surface area contributed by atoms with Crippen LogP contribution in [0.2, 0.25) is 0 Å². The molecule has 1 heterocycles. The van der Waals surface area contributed by atoms with Gasteiger partial charge >= 0.3 is 5.97 Å². The Morgan fingerprint density at radius 1 is 1.53 bits per heavy atom. The Kier molecular flexibility index (Phi) is 4.02. The highest BCUT2D eigenvalue weighted by Crippen LogP contribution is 2.32. The topological polar surface area (TPSA) is 39.2 Å². The number of carbonyl (C=O) groups excluding carboxylic acids is 1. The van der Waals surface area contributed by atoms with Gasteiger partial charge in [-0.25, -0.2) is 4.98 Å². The number of thiazole rings is 1. The number of thioether (sulfide) groups is 1. The molecule has 17 heavy (non-hydrogen) atoms. The number of aromatic nitrogens is 1. The molecule has 0 aliphatic carbocycles. The number of ether oxygens (including phenoxy) is 1. The van der Waals surface area contributed by atoms with Crippen molar-refractivity contribution >= 4 is 39.3 Å². The molecule has 2 aromatic rings. The molecule has 0 fully saturated rings. The lowest BCUT2D eigenvalue weighted by atomic mass is 10.3. The molecule has 0 saturated heterocycles. The van der Waals surface area contributed by atoms with Gasteiger partial charge in [-0.3, -0.25) is 4.79 Å². The maximum Gasteiger partial charge on any atom is 0.306 e. The Hall–Kier alpha value is -1.07. The molecule has 5 heteroatoms. The summed E-state index contributed by atoms with van der Waals surface area (Å²) < 4.78 is 6.83. The molecule has 0 aliphatic heterocycles. The summed E-state index contributed by atoms with van der Waals surface area (Å²) in [6, 6.07) is 8.05. The summed E-state index contributed by atoms with van der Waals surface area (Å²) in [6.07, 6.45) is 0.414. The van der Waals surface area contributed by atoms with E-state index in [1.54, 1.807) is 23.1 Å². The molecule has 1 unspecified atom stereocenters. The lowest BCUT2D eigenvalue weighted by molar-refractivity contribution is -0.140. The number of rotatable bonds is 4. The van der Waals surface area contributed by atoms with E-state index >= 15 is 0 Å². The summed E-state index contributed by atoms with van der Waals surface area (Å²) in [5.74, 6) is -0.175. The van der Waals surface area contributed by atoms with Crippen LogP contribution < -0.4 is 0 Å². The molecular formula is C12H13NO2S2. The van der Waals surface area contributed by atoms with E-state index in [-0.39, 0.29) is 11.2 Å². The highest BCUT2D eigenvalue weighted by atomic mass is 32.2. The zero-order valence-electron chi connectivity index (χ0n) is 9.67. The molecule has 0 amide bonds. The summed E-state index contributed by atoms with van der Waals surface area (Å²) in [5.41, 5.74) is 1.02. The first kappa shape index (κ1) is 12.4. The van der Waals surface area contributed by atoms with E-state index in [1.807, 2.05) is 25.1 Å². The molecule has 1 aromatic carbocycles. The third-order valence-electron chi connectivity index (χ3n) is 2.26. The van der Waals surface area contributed by atoms with E-state index < -0.39 is 0 Å². The van der Waals surface area contributed by atoms with Gasteiger partial charge in [0.25, 0.3) is 0 Å². The zero-order valence-corrected chi connectivity index (χ0v) is 11.3. The van der Waals surface area contributed by atoms with Gasteiger partial charge in [-0.1, -0.05) is 30.8 Å². The van der Waals surface area contributed by atoms with Gasteiger partial charge in [-0.15, -0.1) is 11.3 Å². The van der Waals surface area contributed by atoms with Crippen molar-refractivity contribution in [3.63, 3.8) is 0 Å². The average molecular weight is 267 g/mol. The number of benzene rings is 1. The van der Waals surface area contributed by atoms with Crippen LogP contribution in [-0.2, 0) is 9.53 Å². The molecule has 0 bridgehead atoms. The first-order valence-corrected chi connectivity index (χ1v) is 6.97. The number of carbonyl (C=O) groups is 1. The van der Waals surface area contributed by atoms with E-state index in [0.29, 0.717) is 6.42 Å². The molecular weight excluding hydrogens is 254 g/mol. The number of para-hydroxylation sites is 1. The lowest BCUT2D eigenvalue weighted by Gasteiger charge is -2.06. The second-order valence-corrected chi connectivity index (χ2v) is 6.37. The Bertz CT molecular complexity index is 491. The van der Waals surface area contributed by atoms with Crippen molar-refractivity contribution in [3.8, 4) is 0 Å². The van der Waals surface area contributed by atoms with Crippen molar-refractivity contribution < 1.29 is 9.53 Å². The first-order chi connectivity index (χ1) is 8.19. The van der Waals surface area contributed by atoms with Gasteiger partial charge in [0.1, 0.15) is 0 Å². The van der Waals surface area contributed by atoms with E-state index in [9.17, 15) is 4.79 Å². The minimum absolute atomic E-state index is 0.175. The number of hydrogen-bond donors (Lipinski definition) is 0. The fraction of sp³-hybridized carbons (Fsp3) is 0.333. The van der Waals surface area contributed by atoms with Crippen LogP contribution in [0.3, 0.4) is 0 Å². The predicted molar refractivity (Wildman–Crippen MR) is 71.6 cm³/mol. The van der Waals surface area contributed by atoms with Gasteiger partial charge < -0.3 is 4.74 Å². The van der Waals surface area contributed by atoms with Crippen molar-refractivity contribution in [1.82, 2.24) is 4.98 Å². The van der Waals surface area contributed by atoms with Crippen molar-refractivity contribution in [1.29, 1.82) is 0 Å². The molecule has 0 aliphatic rings. The Labute approximate surface area is 108 Å². The number of fused-ring (bicyclic) bond motifs is 1. The number of esters is 1. The predicted octanol–water partition coefficient (Wildman–Crippen LogP) is 3.34. The van der Waals surface area contributed by atoms with E-state index in [1.165, 1.54) is 11.8 Å². The Morgan fingerprint density at radius 2 is 2.29 bits per heavy atom.